The Labute approximate surface area is 156 Å². The molecule has 0 amide bonds. The van der Waals surface area contributed by atoms with E-state index >= 15 is 0 Å². The van der Waals surface area contributed by atoms with Gasteiger partial charge in [0.25, 0.3) is 0 Å². The highest BCUT2D eigenvalue weighted by molar-refractivity contribution is 6.30. The predicted octanol–water partition coefficient (Wildman–Crippen LogP) is 1.43. The number of fused-ring (bicyclic) bond motifs is 1. The molecule has 0 saturated carbocycles. The van der Waals surface area contributed by atoms with Gasteiger partial charge in [-0.2, -0.15) is 0 Å². The van der Waals surface area contributed by atoms with E-state index in [1.165, 1.54) is 17.0 Å². The van der Waals surface area contributed by atoms with Crippen LogP contribution in [0.2, 0.25) is 5.02 Å². The molecule has 0 bridgehead atoms. The van der Waals surface area contributed by atoms with Gasteiger partial charge in [-0.25, -0.2) is 4.79 Å². The number of piperazine rings is 1. The Bertz CT molecular complexity index is 994. The lowest BCUT2D eigenvalue weighted by atomic mass is 10.1. The second-order valence-corrected chi connectivity index (χ2v) is 7.08. The van der Waals surface area contributed by atoms with Gasteiger partial charge in [-0.05, 0) is 24.3 Å². The zero-order valence-corrected chi connectivity index (χ0v) is 15.0. The standard InChI is InChI=1S/C20H19ClN2O3/c21-15-2-1-3-16(11-15)23-8-6-22(7-9-23)13-14-10-20(25)26-19-5-4-17(24)12-18(14)19/h1-5,10-12,24H,6-9,13H2. The van der Waals surface area contributed by atoms with Crippen LogP contribution in [-0.4, -0.2) is 26.2 Å². The van der Waals surface area contributed by atoms with Crippen molar-refractivity contribution in [3.8, 4) is 5.75 Å². The summed E-state index contributed by atoms with van der Waals surface area (Å²) in [4.78, 5) is 15.5. The minimum atomic E-state index is -0.372. The number of hydrogen-bond acceptors (Lipinski definition) is 4. The Morgan fingerprint density at radius 2 is 1.92 bits per heavy atom. The van der Waals surface area contributed by atoms with Crippen molar-refractivity contribution in [3.05, 3.63) is 69.5 Å². The van der Waals surface area contributed by atoms with Gasteiger partial charge in [0.2, 0.25) is 0 Å². The van der Waals surface area contributed by atoms with Crippen molar-refractivity contribution in [2.75, 3.05) is 31.1 Å². The van der Waals surface area contributed by atoms with E-state index in [9.17, 15) is 9.90 Å². The third-order valence-corrected chi connectivity index (χ3v) is 5.12. The Kier molecular flexibility index (Phi) is 4.57. The molecule has 1 saturated heterocycles. The molecule has 0 atom stereocenters. The van der Waals surface area contributed by atoms with Gasteiger partial charge in [0.1, 0.15) is 12.1 Å². The normalized spacial score (nSPS) is 15.5. The number of rotatable bonds is 3. The maximum Gasteiger partial charge on any atom is 0.336 e. The quantitative estimate of drug-likeness (QED) is 0.708. The number of benzene rings is 2. The second kappa shape index (κ2) is 7.02. The van der Waals surface area contributed by atoms with Gasteiger partial charge in [-0.1, -0.05) is 29.8 Å². The van der Waals surface area contributed by atoms with Crippen LogP contribution in [0.4, 0.5) is 5.69 Å². The van der Waals surface area contributed by atoms with Crippen LogP contribution in [0.5, 0.6) is 5.75 Å². The van der Waals surface area contributed by atoms with E-state index in [0.717, 1.165) is 47.8 Å². The number of quaternary nitrogens is 1. The maximum absolute atomic E-state index is 11.8. The smallest absolute Gasteiger partial charge is 0.336 e. The molecular weight excluding hydrogens is 352 g/mol. The molecule has 26 heavy (non-hydrogen) atoms. The van der Waals surface area contributed by atoms with Gasteiger partial charge in [0.15, 0.2) is 0 Å². The molecule has 1 aliphatic heterocycles. The summed E-state index contributed by atoms with van der Waals surface area (Å²) in [6, 6.07) is 14.0. The van der Waals surface area contributed by atoms with Crippen molar-refractivity contribution in [3.63, 3.8) is 0 Å². The highest BCUT2D eigenvalue weighted by atomic mass is 35.5. The molecule has 3 aromatic rings. The maximum atomic E-state index is 11.8. The molecule has 4 rings (SSSR count). The highest BCUT2D eigenvalue weighted by Crippen LogP contribution is 2.21. The first-order chi connectivity index (χ1) is 12.6. The van der Waals surface area contributed by atoms with Crippen LogP contribution in [0.1, 0.15) is 5.56 Å². The number of hydrogen-bond donors (Lipinski definition) is 1. The highest BCUT2D eigenvalue weighted by Gasteiger charge is 2.21. The van der Waals surface area contributed by atoms with E-state index in [-0.39, 0.29) is 11.4 Å². The molecule has 1 N–H and O–H groups in total. The first kappa shape index (κ1) is 16.9. The van der Waals surface area contributed by atoms with Crippen LogP contribution >= 0.6 is 11.6 Å². The molecule has 2 heterocycles. The number of anilines is 1. The first-order valence-electron chi connectivity index (χ1n) is 8.66. The summed E-state index contributed by atoms with van der Waals surface area (Å²) in [6.45, 7) is 4.44. The zero-order valence-electron chi connectivity index (χ0n) is 14.2. The summed E-state index contributed by atoms with van der Waals surface area (Å²) in [7, 11) is 0. The summed E-state index contributed by atoms with van der Waals surface area (Å²) >= 11 is 6.09. The Balaban J connectivity index is 1.50. The van der Waals surface area contributed by atoms with Crippen molar-refractivity contribution >= 4 is 28.3 Å². The minimum absolute atomic E-state index is 0.0756. The van der Waals surface area contributed by atoms with Crippen LogP contribution in [0.25, 0.3) is 11.0 Å². The van der Waals surface area contributed by atoms with Crippen LogP contribution < -0.4 is 20.5 Å². The molecule has 134 valence electrons. The van der Waals surface area contributed by atoms with E-state index in [1.807, 2.05) is 18.2 Å². The van der Waals surface area contributed by atoms with E-state index in [0.29, 0.717) is 12.1 Å². The molecule has 6 heteroatoms. The van der Waals surface area contributed by atoms with Crippen molar-refractivity contribution in [1.82, 2.24) is 0 Å². The summed E-state index contributed by atoms with van der Waals surface area (Å²) in [6.07, 6.45) is 0. The van der Waals surface area contributed by atoms with Crippen LogP contribution in [-0.2, 0) is 6.54 Å². The largest absolute Gasteiger partial charge is 0.872 e. The van der Waals surface area contributed by atoms with E-state index < -0.39 is 0 Å². The lowest BCUT2D eigenvalue weighted by Gasteiger charge is -2.33. The fourth-order valence-electron chi connectivity index (χ4n) is 3.55. The van der Waals surface area contributed by atoms with Crippen LogP contribution in [0.15, 0.2) is 57.7 Å². The van der Waals surface area contributed by atoms with Crippen LogP contribution in [0, 0.1) is 0 Å². The number of halogens is 1. The van der Waals surface area contributed by atoms with Crippen LogP contribution in [0.3, 0.4) is 0 Å². The topological polar surface area (TPSA) is 61.0 Å². The molecule has 0 unspecified atom stereocenters. The molecule has 1 fully saturated rings. The summed E-state index contributed by atoms with van der Waals surface area (Å²) in [5, 5.41) is 13.2. The van der Waals surface area contributed by atoms with E-state index in [1.54, 1.807) is 12.1 Å². The van der Waals surface area contributed by atoms with Gasteiger partial charge < -0.3 is 19.3 Å². The Hall–Kier alpha value is -2.50. The number of nitrogens with one attached hydrogen (secondary N) is 1. The van der Waals surface area contributed by atoms with E-state index in [4.69, 9.17) is 16.0 Å². The monoisotopic (exact) mass is 370 g/mol. The van der Waals surface area contributed by atoms with Crippen molar-refractivity contribution in [2.45, 2.75) is 6.54 Å². The lowest BCUT2D eigenvalue weighted by Crippen LogP contribution is -3.13. The van der Waals surface area contributed by atoms with Crippen molar-refractivity contribution in [2.24, 2.45) is 0 Å². The van der Waals surface area contributed by atoms with E-state index in [2.05, 4.69) is 11.0 Å². The third kappa shape index (κ3) is 3.54. The SMILES string of the molecule is O=c1cc(C[NH+]2CCN(c3cccc(Cl)c3)CC2)c2cc([O-])ccc2o1. The van der Waals surface area contributed by atoms with Gasteiger partial charge >= 0.3 is 5.63 Å². The zero-order chi connectivity index (χ0) is 18.1. The molecular formula is C20H19ClN2O3. The second-order valence-electron chi connectivity index (χ2n) is 6.64. The summed E-state index contributed by atoms with van der Waals surface area (Å²) < 4.78 is 5.21. The predicted molar refractivity (Wildman–Crippen MR) is 100.0 cm³/mol. The first-order valence-corrected chi connectivity index (χ1v) is 9.04. The van der Waals surface area contributed by atoms with Gasteiger partial charge in [-0.15, -0.1) is 5.75 Å². The fourth-order valence-corrected chi connectivity index (χ4v) is 3.74. The van der Waals surface area contributed by atoms with Crippen molar-refractivity contribution < 1.29 is 14.4 Å². The average molecular weight is 371 g/mol. The Morgan fingerprint density at radius 1 is 1.12 bits per heavy atom. The summed E-state index contributed by atoms with van der Waals surface area (Å²) in [5.74, 6) is -0.0756. The summed E-state index contributed by atoms with van der Waals surface area (Å²) in [5.41, 5.74) is 2.12. The Morgan fingerprint density at radius 3 is 2.69 bits per heavy atom. The fraction of sp³-hybridized carbons (Fsp3) is 0.250. The molecule has 1 aliphatic rings. The minimum Gasteiger partial charge on any atom is -0.872 e. The van der Waals surface area contributed by atoms with Gasteiger partial charge in [0, 0.05) is 27.7 Å². The molecule has 0 radical (unpaired) electrons. The molecule has 0 aliphatic carbocycles. The lowest BCUT2D eigenvalue weighted by molar-refractivity contribution is -0.914. The molecule has 0 spiro atoms. The molecule has 1 aromatic heterocycles. The molecule has 2 aromatic carbocycles. The third-order valence-electron chi connectivity index (χ3n) is 4.88. The molecule has 5 nitrogen and oxygen atoms in total. The van der Waals surface area contributed by atoms with Gasteiger partial charge in [0.05, 0.1) is 26.2 Å². The van der Waals surface area contributed by atoms with Crippen molar-refractivity contribution in [1.29, 1.82) is 0 Å². The average Bonchev–Trinajstić information content (AvgIpc) is 2.63. The number of nitrogens with zero attached hydrogens (tertiary/aromatic N) is 1. The van der Waals surface area contributed by atoms with Gasteiger partial charge in [-0.3, -0.25) is 0 Å².